The van der Waals surface area contributed by atoms with Gasteiger partial charge in [0.2, 0.25) is 0 Å². The van der Waals surface area contributed by atoms with Gasteiger partial charge in [0.25, 0.3) is 5.91 Å². The van der Waals surface area contributed by atoms with Gasteiger partial charge in [0.1, 0.15) is 6.04 Å². The van der Waals surface area contributed by atoms with Crippen molar-refractivity contribution >= 4 is 11.9 Å². The molecule has 1 aromatic rings. The van der Waals surface area contributed by atoms with Crippen LogP contribution in [0.5, 0.6) is 0 Å². The fraction of sp³-hybridized carbons (Fsp3) is 0.556. The predicted molar refractivity (Wildman–Crippen MR) is 87.9 cm³/mol. The minimum atomic E-state index is -0.974. The Morgan fingerprint density at radius 2 is 1.82 bits per heavy atom. The predicted octanol–water partition coefficient (Wildman–Crippen LogP) is 3.87. The second-order valence-corrected chi connectivity index (χ2v) is 6.54. The zero-order chi connectivity index (χ0) is 16.6. The summed E-state index contributed by atoms with van der Waals surface area (Å²) in [6, 6.07) is 7.87. The highest BCUT2D eigenvalue weighted by atomic mass is 16.4. The van der Waals surface area contributed by atoms with E-state index in [2.05, 4.69) is 26.1 Å². The van der Waals surface area contributed by atoms with Crippen LogP contribution in [0.1, 0.15) is 63.2 Å². The molecule has 0 saturated carbocycles. The largest absolute Gasteiger partial charge is 0.480 e. The van der Waals surface area contributed by atoms with Crippen LogP contribution in [0.3, 0.4) is 0 Å². The number of carbonyl (C=O) groups excluding carboxylic acids is 1. The zero-order valence-corrected chi connectivity index (χ0v) is 13.8. The van der Waals surface area contributed by atoms with E-state index in [1.165, 1.54) is 0 Å². The van der Waals surface area contributed by atoms with E-state index in [0.29, 0.717) is 12.0 Å². The third kappa shape index (κ3) is 6.29. The first-order chi connectivity index (χ1) is 10.4. The molecule has 0 aliphatic carbocycles. The van der Waals surface area contributed by atoms with Crippen molar-refractivity contribution in [3.63, 3.8) is 0 Å². The van der Waals surface area contributed by atoms with Crippen LogP contribution in [0.15, 0.2) is 30.3 Å². The Bertz CT molecular complexity index is 482. The number of hydrogen-bond donors (Lipinski definition) is 2. The lowest BCUT2D eigenvalue weighted by Gasteiger charge is -2.24. The Balaban J connectivity index is 2.53. The van der Waals surface area contributed by atoms with Crippen LogP contribution in [0.25, 0.3) is 0 Å². The van der Waals surface area contributed by atoms with Gasteiger partial charge in [-0.25, -0.2) is 4.79 Å². The molecule has 0 saturated heterocycles. The highest BCUT2D eigenvalue weighted by Gasteiger charge is 2.22. The summed E-state index contributed by atoms with van der Waals surface area (Å²) in [6.45, 7) is 6.56. The second-order valence-electron chi connectivity index (χ2n) is 6.54. The summed E-state index contributed by atoms with van der Waals surface area (Å²) in [4.78, 5) is 23.4. The van der Waals surface area contributed by atoms with E-state index in [4.69, 9.17) is 0 Å². The van der Waals surface area contributed by atoms with Crippen LogP contribution in [-0.2, 0) is 4.79 Å². The number of aliphatic carboxylic acids is 1. The van der Waals surface area contributed by atoms with Crippen molar-refractivity contribution < 1.29 is 14.7 Å². The fourth-order valence-corrected chi connectivity index (χ4v) is 2.68. The first kappa shape index (κ1) is 18.2. The SMILES string of the molecule is CCCC(C)(C)CCCC(NC(=O)c1ccccc1)C(=O)O. The van der Waals surface area contributed by atoms with Gasteiger partial charge in [0.15, 0.2) is 0 Å². The summed E-state index contributed by atoms with van der Waals surface area (Å²) in [5.41, 5.74) is 0.710. The number of hydrogen-bond acceptors (Lipinski definition) is 2. The first-order valence-corrected chi connectivity index (χ1v) is 7.94. The summed E-state index contributed by atoms with van der Waals surface area (Å²) in [7, 11) is 0. The summed E-state index contributed by atoms with van der Waals surface area (Å²) < 4.78 is 0. The molecule has 0 aliphatic rings. The van der Waals surface area contributed by atoms with Gasteiger partial charge < -0.3 is 10.4 Å². The van der Waals surface area contributed by atoms with Gasteiger partial charge in [0, 0.05) is 5.56 Å². The van der Waals surface area contributed by atoms with Crippen LogP contribution >= 0.6 is 0 Å². The van der Waals surface area contributed by atoms with Crippen LogP contribution in [0.4, 0.5) is 0 Å². The summed E-state index contributed by atoms with van der Waals surface area (Å²) in [5.74, 6) is -1.31. The molecule has 2 N–H and O–H groups in total. The summed E-state index contributed by atoms with van der Waals surface area (Å²) in [6.07, 6.45) is 4.47. The molecule has 1 amide bonds. The maximum atomic E-state index is 12.0. The standard InChI is InChI=1S/C18H27NO3/c1-4-12-18(2,3)13-8-11-15(17(21)22)19-16(20)14-9-6-5-7-10-14/h5-7,9-10,15H,4,8,11-13H2,1-3H3,(H,19,20)(H,21,22). The number of carbonyl (C=O) groups is 2. The highest BCUT2D eigenvalue weighted by molar-refractivity contribution is 5.96. The van der Waals surface area contributed by atoms with Crippen LogP contribution in [0, 0.1) is 5.41 Å². The molecule has 1 rings (SSSR count). The first-order valence-electron chi connectivity index (χ1n) is 7.94. The Hall–Kier alpha value is -1.84. The molecule has 0 aliphatic heterocycles. The molecular formula is C18H27NO3. The average molecular weight is 305 g/mol. The lowest BCUT2D eigenvalue weighted by Crippen LogP contribution is -2.40. The maximum absolute atomic E-state index is 12.0. The van der Waals surface area contributed by atoms with E-state index in [0.717, 1.165) is 25.7 Å². The number of nitrogens with one attached hydrogen (secondary N) is 1. The third-order valence-electron chi connectivity index (χ3n) is 3.91. The van der Waals surface area contributed by atoms with Crippen molar-refractivity contribution in [2.45, 2.75) is 58.9 Å². The van der Waals surface area contributed by atoms with E-state index in [-0.39, 0.29) is 11.3 Å². The van der Waals surface area contributed by atoms with Crippen LogP contribution in [-0.4, -0.2) is 23.0 Å². The Morgan fingerprint density at radius 3 is 2.36 bits per heavy atom. The maximum Gasteiger partial charge on any atom is 0.326 e. The van der Waals surface area contributed by atoms with Gasteiger partial charge in [0.05, 0.1) is 0 Å². The number of carboxylic acids is 1. The van der Waals surface area contributed by atoms with Crippen molar-refractivity contribution in [2.24, 2.45) is 5.41 Å². The topological polar surface area (TPSA) is 66.4 Å². The molecule has 4 heteroatoms. The third-order valence-corrected chi connectivity index (χ3v) is 3.91. The van der Waals surface area contributed by atoms with Crippen LogP contribution < -0.4 is 5.32 Å². The lowest BCUT2D eigenvalue weighted by atomic mass is 9.82. The number of amides is 1. The molecule has 4 nitrogen and oxygen atoms in total. The average Bonchev–Trinajstić information content (AvgIpc) is 2.46. The smallest absolute Gasteiger partial charge is 0.326 e. The number of rotatable bonds is 9. The minimum absolute atomic E-state index is 0.223. The van der Waals surface area contributed by atoms with Gasteiger partial charge in [-0.2, -0.15) is 0 Å². The molecule has 0 aromatic heterocycles. The Morgan fingerprint density at radius 1 is 1.18 bits per heavy atom. The van der Waals surface area contributed by atoms with E-state index >= 15 is 0 Å². The second kappa shape index (κ2) is 8.57. The Kier molecular flexibility index (Phi) is 7.09. The van der Waals surface area contributed by atoms with E-state index in [9.17, 15) is 14.7 Å². The van der Waals surface area contributed by atoms with Crippen molar-refractivity contribution in [3.8, 4) is 0 Å². The molecule has 1 atom stereocenters. The minimum Gasteiger partial charge on any atom is -0.480 e. The van der Waals surface area contributed by atoms with E-state index in [1.54, 1.807) is 24.3 Å². The molecule has 0 heterocycles. The van der Waals surface area contributed by atoms with Crippen molar-refractivity contribution in [2.75, 3.05) is 0 Å². The fourth-order valence-electron chi connectivity index (χ4n) is 2.68. The molecule has 0 spiro atoms. The molecule has 0 bridgehead atoms. The summed E-state index contributed by atoms with van der Waals surface area (Å²) >= 11 is 0. The molecule has 22 heavy (non-hydrogen) atoms. The molecule has 0 radical (unpaired) electrons. The molecular weight excluding hydrogens is 278 g/mol. The van der Waals surface area contributed by atoms with Gasteiger partial charge in [-0.05, 0) is 36.8 Å². The molecule has 1 unspecified atom stereocenters. The number of carboxylic acid groups (broad SMARTS) is 1. The van der Waals surface area contributed by atoms with Crippen molar-refractivity contribution in [1.82, 2.24) is 5.32 Å². The summed E-state index contributed by atoms with van der Waals surface area (Å²) in [5, 5.41) is 11.9. The lowest BCUT2D eigenvalue weighted by molar-refractivity contribution is -0.139. The quantitative estimate of drug-likeness (QED) is 0.728. The monoisotopic (exact) mass is 305 g/mol. The highest BCUT2D eigenvalue weighted by Crippen LogP contribution is 2.29. The molecule has 122 valence electrons. The number of benzene rings is 1. The van der Waals surface area contributed by atoms with E-state index in [1.807, 2.05) is 6.07 Å². The van der Waals surface area contributed by atoms with E-state index < -0.39 is 12.0 Å². The molecule has 0 fully saturated rings. The van der Waals surface area contributed by atoms with Crippen molar-refractivity contribution in [3.05, 3.63) is 35.9 Å². The van der Waals surface area contributed by atoms with Gasteiger partial charge in [-0.3, -0.25) is 4.79 Å². The molecule has 1 aromatic carbocycles. The van der Waals surface area contributed by atoms with Crippen molar-refractivity contribution in [1.29, 1.82) is 0 Å². The normalized spacial score (nSPS) is 12.7. The van der Waals surface area contributed by atoms with Gasteiger partial charge in [-0.1, -0.05) is 51.8 Å². The van der Waals surface area contributed by atoms with Gasteiger partial charge in [-0.15, -0.1) is 0 Å². The Labute approximate surface area is 132 Å². The zero-order valence-electron chi connectivity index (χ0n) is 13.8. The van der Waals surface area contributed by atoms with Crippen LogP contribution in [0.2, 0.25) is 0 Å². The van der Waals surface area contributed by atoms with Gasteiger partial charge >= 0.3 is 5.97 Å².